The normalized spacial score (nSPS) is 27.6. The highest BCUT2D eigenvalue weighted by atomic mass is 16.7. The molecule has 11 heteroatoms. The molecule has 0 bridgehead atoms. The Kier molecular flexibility index (Phi) is 12.3. The number of aromatic hydroxyl groups is 1. The number of fused-ring (bicyclic) bond motifs is 1. The van der Waals surface area contributed by atoms with Crippen molar-refractivity contribution in [3.63, 3.8) is 0 Å². The summed E-state index contributed by atoms with van der Waals surface area (Å²) in [5.74, 6) is -0.257. The van der Waals surface area contributed by atoms with Gasteiger partial charge in [0.05, 0.1) is 44.0 Å². The standard InChI is InChI=1S/C46H58O11/c1-21-14-24(4)38-34(15-21)54-42(32-18-35(50-12)39(47)36(19-32)51-13)43(40(38)48)57-46-41(56-44(49)33-16-22(2)25(5)23(3)17-33)29(9)28(8)37(55-46)20-52-45-30(10)26(6)27(7)31(11)53-45/h14-19,26-31,37,41,45-47H,20H2,1-13H3/t26?,27-,28-,29?,30-,31?,37?,41+,45+,46+/m0/s1. The molecule has 0 saturated carbocycles. The lowest BCUT2D eigenvalue weighted by Gasteiger charge is -2.45. The van der Waals surface area contributed by atoms with Gasteiger partial charge in [-0.15, -0.1) is 0 Å². The van der Waals surface area contributed by atoms with Crippen LogP contribution in [0, 0.1) is 64.2 Å². The van der Waals surface area contributed by atoms with E-state index in [2.05, 4.69) is 27.7 Å². The van der Waals surface area contributed by atoms with E-state index in [-0.39, 0.29) is 59.2 Å². The molecule has 1 N–H and O–H groups in total. The summed E-state index contributed by atoms with van der Waals surface area (Å²) in [6.45, 7) is 22.5. The van der Waals surface area contributed by atoms with Crippen LogP contribution in [0.2, 0.25) is 0 Å². The number of methoxy groups -OCH3 is 2. The zero-order valence-electron chi connectivity index (χ0n) is 35.5. The molecule has 0 radical (unpaired) electrons. The predicted octanol–water partition coefficient (Wildman–Crippen LogP) is 9.00. The Bertz CT molecular complexity index is 2140. The second-order valence-corrected chi connectivity index (χ2v) is 16.4. The number of rotatable bonds is 10. The number of aryl methyl sites for hydroxylation is 4. The second-order valence-electron chi connectivity index (χ2n) is 16.4. The highest BCUT2D eigenvalue weighted by molar-refractivity contribution is 5.90. The molecule has 3 heterocycles. The van der Waals surface area contributed by atoms with Gasteiger partial charge in [0, 0.05) is 17.4 Å². The summed E-state index contributed by atoms with van der Waals surface area (Å²) in [6.07, 6.45) is -3.17. The topological polar surface area (TPSA) is 132 Å². The minimum atomic E-state index is -1.27. The molecule has 2 aliphatic rings. The van der Waals surface area contributed by atoms with E-state index in [9.17, 15) is 14.7 Å². The van der Waals surface area contributed by atoms with Crippen molar-refractivity contribution in [2.45, 2.75) is 107 Å². The lowest BCUT2D eigenvalue weighted by molar-refractivity contribution is -0.283. The van der Waals surface area contributed by atoms with E-state index in [4.69, 9.17) is 37.6 Å². The fourth-order valence-electron chi connectivity index (χ4n) is 8.16. The fourth-order valence-corrected chi connectivity index (χ4v) is 8.16. The Morgan fingerprint density at radius 2 is 1.37 bits per heavy atom. The van der Waals surface area contributed by atoms with Crippen LogP contribution in [0.3, 0.4) is 0 Å². The van der Waals surface area contributed by atoms with Crippen LogP contribution in [-0.4, -0.2) is 62.8 Å². The molecule has 2 fully saturated rings. The van der Waals surface area contributed by atoms with Gasteiger partial charge in [-0.25, -0.2) is 4.79 Å². The molecule has 2 aliphatic heterocycles. The van der Waals surface area contributed by atoms with E-state index < -0.39 is 36.2 Å². The largest absolute Gasteiger partial charge is 0.502 e. The van der Waals surface area contributed by atoms with Gasteiger partial charge in [-0.1, -0.05) is 40.7 Å². The van der Waals surface area contributed by atoms with Crippen LogP contribution in [0.5, 0.6) is 23.0 Å². The maximum Gasteiger partial charge on any atom is 0.338 e. The highest BCUT2D eigenvalue weighted by Crippen LogP contribution is 2.44. The summed E-state index contributed by atoms with van der Waals surface area (Å²) in [7, 11) is 2.83. The summed E-state index contributed by atoms with van der Waals surface area (Å²) < 4.78 is 50.1. The van der Waals surface area contributed by atoms with Crippen LogP contribution in [0.1, 0.15) is 79.7 Å². The molecule has 1 aromatic heterocycles. The van der Waals surface area contributed by atoms with Crippen molar-refractivity contribution in [1.82, 2.24) is 0 Å². The quantitative estimate of drug-likeness (QED) is 0.155. The van der Waals surface area contributed by atoms with Gasteiger partial charge in [-0.05, 0) is 117 Å². The number of phenols is 1. The summed E-state index contributed by atoms with van der Waals surface area (Å²) in [5.41, 5.74) is 5.26. The first-order chi connectivity index (χ1) is 26.9. The van der Waals surface area contributed by atoms with E-state index in [1.807, 2.05) is 66.7 Å². The number of hydrogen-bond acceptors (Lipinski definition) is 11. The van der Waals surface area contributed by atoms with Crippen LogP contribution in [-0.2, 0) is 18.9 Å². The number of ether oxygens (including phenoxy) is 7. The van der Waals surface area contributed by atoms with Gasteiger partial charge in [-0.3, -0.25) is 4.79 Å². The van der Waals surface area contributed by atoms with Gasteiger partial charge in [-0.2, -0.15) is 0 Å². The lowest BCUT2D eigenvalue weighted by atomic mass is 9.79. The van der Waals surface area contributed by atoms with E-state index in [1.54, 1.807) is 6.07 Å². The minimum absolute atomic E-state index is 0.0219. The first kappa shape index (κ1) is 42.0. The van der Waals surface area contributed by atoms with Crippen molar-refractivity contribution in [1.29, 1.82) is 0 Å². The average molecular weight is 787 g/mol. The predicted molar refractivity (Wildman–Crippen MR) is 217 cm³/mol. The lowest BCUT2D eigenvalue weighted by Crippen LogP contribution is -2.55. The summed E-state index contributed by atoms with van der Waals surface area (Å²) in [6, 6.07) is 10.4. The highest BCUT2D eigenvalue weighted by Gasteiger charge is 2.47. The molecule has 4 unspecified atom stereocenters. The monoisotopic (exact) mass is 786 g/mol. The number of esters is 1. The molecule has 6 rings (SSSR count). The van der Waals surface area contributed by atoms with Crippen molar-refractivity contribution in [3.05, 3.63) is 80.0 Å². The average Bonchev–Trinajstić information content (AvgIpc) is 3.17. The Hall–Kier alpha value is -4.58. The molecule has 57 heavy (non-hydrogen) atoms. The molecule has 11 nitrogen and oxygen atoms in total. The maximum atomic E-state index is 14.7. The van der Waals surface area contributed by atoms with Crippen LogP contribution >= 0.6 is 0 Å². The van der Waals surface area contributed by atoms with Gasteiger partial charge in [0.1, 0.15) is 5.58 Å². The van der Waals surface area contributed by atoms with E-state index in [0.717, 1.165) is 22.3 Å². The van der Waals surface area contributed by atoms with E-state index >= 15 is 0 Å². The molecule has 4 aromatic rings. The van der Waals surface area contributed by atoms with Crippen LogP contribution < -0.4 is 19.6 Å². The number of phenolic OH excluding ortho intramolecular Hbond substituents is 1. The third-order valence-electron chi connectivity index (χ3n) is 12.8. The van der Waals surface area contributed by atoms with Crippen LogP contribution in [0.25, 0.3) is 22.3 Å². The van der Waals surface area contributed by atoms with Crippen molar-refractivity contribution in [2.75, 3.05) is 20.8 Å². The SMILES string of the molecule is COc1cc(-c2oc3cc(C)cc(C)c3c(=O)c2O[C@H]2OC(CO[C@@H]3OC(C)[C@@H](C)C(C)[C@@H]3C)[C@@H](C)C(C)[C@H]2OC(=O)c2cc(C)c(C)c(C)c2)cc(OC)c1O. The molecule has 308 valence electrons. The van der Waals surface area contributed by atoms with Gasteiger partial charge < -0.3 is 42.7 Å². The Morgan fingerprint density at radius 1 is 0.737 bits per heavy atom. The van der Waals surface area contributed by atoms with E-state index in [1.165, 1.54) is 26.4 Å². The summed E-state index contributed by atoms with van der Waals surface area (Å²) in [5, 5.41) is 11.1. The zero-order chi connectivity index (χ0) is 41.6. The molecule has 2 saturated heterocycles. The molecule has 0 amide bonds. The maximum absolute atomic E-state index is 14.7. The van der Waals surface area contributed by atoms with Crippen molar-refractivity contribution < 1.29 is 47.5 Å². The van der Waals surface area contributed by atoms with Gasteiger partial charge in [0.15, 0.2) is 29.7 Å². The van der Waals surface area contributed by atoms with Crippen molar-refractivity contribution in [2.24, 2.45) is 29.6 Å². The van der Waals surface area contributed by atoms with Gasteiger partial charge >= 0.3 is 5.97 Å². The summed E-state index contributed by atoms with van der Waals surface area (Å²) >= 11 is 0. The first-order valence-electron chi connectivity index (χ1n) is 19.9. The number of benzene rings is 3. The van der Waals surface area contributed by atoms with Crippen LogP contribution in [0.15, 0.2) is 45.6 Å². The molecule has 0 aliphatic carbocycles. The van der Waals surface area contributed by atoms with Gasteiger partial charge in [0.25, 0.3) is 0 Å². The number of hydrogen-bond donors (Lipinski definition) is 1. The van der Waals surface area contributed by atoms with Crippen LogP contribution in [0.4, 0.5) is 0 Å². The zero-order valence-corrected chi connectivity index (χ0v) is 35.5. The molecular formula is C46H58O11. The number of carbonyl (C=O) groups excluding carboxylic acids is 1. The Labute approximate surface area is 335 Å². The van der Waals surface area contributed by atoms with E-state index in [0.29, 0.717) is 39.5 Å². The molecular weight excluding hydrogens is 728 g/mol. The summed E-state index contributed by atoms with van der Waals surface area (Å²) in [4.78, 5) is 28.7. The molecule has 3 aromatic carbocycles. The Morgan fingerprint density at radius 3 is 1.98 bits per heavy atom. The third kappa shape index (κ3) is 8.11. The minimum Gasteiger partial charge on any atom is -0.502 e. The smallest absolute Gasteiger partial charge is 0.338 e. The molecule has 0 spiro atoms. The Balaban J connectivity index is 1.45. The molecule has 10 atom stereocenters. The first-order valence-corrected chi connectivity index (χ1v) is 19.9. The van der Waals surface area contributed by atoms with Gasteiger partial charge in [0.2, 0.25) is 23.2 Å². The fraction of sp³-hybridized carbons (Fsp3) is 0.522. The second kappa shape index (κ2) is 16.7. The van der Waals surface area contributed by atoms with Crippen molar-refractivity contribution >= 4 is 16.9 Å². The van der Waals surface area contributed by atoms with Crippen molar-refractivity contribution in [3.8, 4) is 34.3 Å². The third-order valence-corrected chi connectivity index (χ3v) is 12.8. The number of carbonyl (C=O) groups is 1.